The van der Waals surface area contributed by atoms with Crippen LogP contribution in [0.1, 0.15) is 33.1 Å². The Morgan fingerprint density at radius 2 is 2.06 bits per heavy atom. The Balaban J connectivity index is 2.55. The van der Waals surface area contributed by atoms with Crippen LogP contribution >= 0.6 is 12.2 Å². The Hall–Kier alpha value is -0.680. The first-order valence-electron chi connectivity index (χ1n) is 6.65. The summed E-state index contributed by atoms with van der Waals surface area (Å²) in [6.45, 7) is 7.04. The van der Waals surface area contributed by atoms with E-state index in [9.17, 15) is 4.79 Å². The molecule has 0 unspecified atom stereocenters. The highest BCUT2D eigenvalue weighted by molar-refractivity contribution is 7.80. The zero-order valence-electron chi connectivity index (χ0n) is 11.4. The molecule has 0 aromatic heterocycles. The van der Waals surface area contributed by atoms with E-state index in [-0.39, 0.29) is 11.8 Å². The number of hydrogen-bond acceptors (Lipinski definition) is 3. The lowest BCUT2D eigenvalue weighted by Crippen LogP contribution is -2.41. The third-order valence-electron chi connectivity index (χ3n) is 3.10. The van der Waals surface area contributed by atoms with Crippen molar-refractivity contribution in [2.75, 3.05) is 26.3 Å². The summed E-state index contributed by atoms with van der Waals surface area (Å²) < 4.78 is 5.30. The molecule has 0 aromatic carbocycles. The molecule has 18 heavy (non-hydrogen) atoms. The van der Waals surface area contributed by atoms with E-state index in [1.807, 2.05) is 4.90 Å². The van der Waals surface area contributed by atoms with E-state index < -0.39 is 0 Å². The quantitative estimate of drug-likeness (QED) is 0.746. The van der Waals surface area contributed by atoms with Crippen LogP contribution in [-0.2, 0) is 9.53 Å². The lowest BCUT2D eigenvalue weighted by Gasteiger charge is -2.30. The molecule has 1 fully saturated rings. The molecule has 0 radical (unpaired) electrons. The van der Waals surface area contributed by atoms with Crippen LogP contribution in [0.5, 0.6) is 0 Å². The van der Waals surface area contributed by atoms with Gasteiger partial charge in [0.25, 0.3) is 0 Å². The zero-order chi connectivity index (χ0) is 13.5. The van der Waals surface area contributed by atoms with Crippen molar-refractivity contribution >= 4 is 23.1 Å². The third kappa shape index (κ3) is 5.31. The van der Waals surface area contributed by atoms with Crippen molar-refractivity contribution in [2.24, 2.45) is 17.6 Å². The van der Waals surface area contributed by atoms with E-state index in [0.29, 0.717) is 37.1 Å². The monoisotopic (exact) mass is 272 g/mol. The number of nitrogens with zero attached hydrogens (tertiary/aromatic N) is 1. The predicted octanol–water partition coefficient (Wildman–Crippen LogP) is 1.57. The van der Waals surface area contributed by atoms with E-state index in [4.69, 9.17) is 22.7 Å². The van der Waals surface area contributed by atoms with Gasteiger partial charge in [0.2, 0.25) is 5.91 Å². The molecular formula is C13H24N2O2S. The number of ether oxygens (including phenoxy) is 1. The van der Waals surface area contributed by atoms with Crippen LogP contribution in [0.2, 0.25) is 0 Å². The zero-order valence-corrected chi connectivity index (χ0v) is 12.2. The smallest absolute Gasteiger partial charge is 0.225 e. The van der Waals surface area contributed by atoms with Gasteiger partial charge in [-0.15, -0.1) is 0 Å². The summed E-state index contributed by atoms with van der Waals surface area (Å²) in [7, 11) is 0. The van der Waals surface area contributed by atoms with Crippen LogP contribution in [0, 0.1) is 11.8 Å². The average molecular weight is 272 g/mol. The molecule has 0 aromatic rings. The van der Waals surface area contributed by atoms with Crippen LogP contribution < -0.4 is 5.73 Å². The highest BCUT2D eigenvalue weighted by Gasteiger charge is 2.26. The van der Waals surface area contributed by atoms with Gasteiger partial charge in [0, 0.05) is 38.6 Å². The van der Waals surface area contributed by atoms with Crippen molar-refractivity contribution in [3.63, 3.8) is 0 Å². The molecule has 0 saturated carbocycles. The van der Waals surface area contributed by atoms with Crippen LogP contribution in [0.3, 0.4) is 0 Å². The number of thiocarbonyl (C=S) groups is 1. The Labute approximate surface area is 115 Å². The summed E-state index contributed by atoms with van der Waals surface area (Å²) >= 11 is 4.89. The lowest BCUT2D eigenvalue weighted by atomic mass is 9.98. The molecule has 4 nitrogen and oxygen atoms in total. The van der Waals surface area contributed by atoms with Crippen LogP contribution in [0.4, 0.5) is 0 Å². The maximum absolute atomic E-state index is 12.4. The Kier molecular flexibility index (Phi) is 6.57. The summed E-state index contributed by atoms with van der Waals surface area (Å²) in [6, 6.07) is 0. The molecule has 104 valence electrons. The lowest BCUT2D eigenvalue weighted by molar-refractivity contribution is -0.139. The van der Waals surface area contributed by atoms with Crippen LogP contribution in [-0.4, -0.2) is 42.1 Å². The van der Waals surface area contributed by atoms with E-state index in [1.54, 1.807) is 0 Å². The molecule has 2 N–H and O–H groups in total. The van der Waals surface area contributed by atoms with Gasteiger partial charge in [-0.1, -0.05) is 26.1 Å². The van der Waals surface area contributed by atoms with Crippen molar-refractivity contribution in [3.8, 4) is 0 Å². The van der Waals surface area contributed by atoms with Crippen molar-refractivity contribution in [2.45, 2.75) is 33.1 Å². The number of hydrogen-bond donors (Lipinski definition) is 1. The SMILES string of the molecule is CC(C)CN(CCC(N)=S)C(=O)C1CCOCC1. The maximum atomic E-state index is 12.4. The molecule has 1 heterocycles. The van der Waals surface area contributed by atoms with E-state index >= 15 is 0 Å². The van der Waals surface area contributed by atoms with Gasteiger partial charge in [-0.25, -0.2) is 0 Å². The predicted molar refractivity (Wildman–Crippen MR) is 76.4 cm³/mol. The van der Waals surface area contributed by atoms with Crippen molar-refractivity contribution in [1.82, 2.24) is 4.90 Å². The minimum atomic E-state index is 0.115. The Morgan fingerprint density at radius 3 is 2.56 bits per heavy atom. The fourth-order valence-electron chi connectivity index (χ4n) is 2.18. The van der Waals surface area contributed by atoms with E-state index in [0.717, 1.165) is 19.4 Å². The van der Waals surface area contributed by atoms with Crippen molar-refractivity contribution < 1.29 is 9.53 Å². The van der Waals surface area contributed by atoms with Gasteiger partial charge >= 0.3 is 0 Å². The number of carbonyl (C=O) groups excluding carboxylic acids is 1. The molecule has 1 aliphatic rings. The first-order valence-corrected chi connectivity index (χ1v) is 7.06. The molecule has 0 aliphatic carbocycles. The molecule has 0 bridgehead atoms. The largest absolute Gasteiger partial charge is 0.393 e. The number of carbonyl (C=O) groups is 1. The first-order chi connectivity index (χ1) is 8.50. The fraction of sp³-hybridized carbons (Fsp3) is 0.846. The summed E-state index contributed by atoms with van der Waals surface area (Å²) in [5.74, 6) is 0.812. The summed E-state index contributed by atoms with van der Waals surface area (Å²) in [5, 5.41) is 0. The van der Waals surface area contributed by atoms with Crippen LogP contribution in [0.25, 0.3) is 0 Å². The highest BCUT2D eigenvalue weighted by Crippen LogP contribution is 2.18. The number of nitrogens with two attached hydrogens (primary N) is 1. The number of rotatable bonds is 6. The van der Waals surface area contributed by atoms with Crippen LogP contribution in [0.15, 0.2) is 0 Å². The molecule has 1 rings (SSSR count). The Morgan fingerprint density at radius 1 is 1.44 bits per heavy atom. The van der Waals surface area contributed by atoms with Gasteiger partial charge in [0.05, 0.1) is 4.99 Å². The maximum Gasteiger partial charge on any atom is 0.225 e. The molecular weight excluding hydrogens is 248 g/mol. The summed E-state index contributed by atoms with van der Waals surface area (Å²) in [5.41, 5.74) is 5.52. The molecule has 1 aliphatic heterocycles. The van der Waals surface area contributed by atoms with Gasteiger partial charge in [-0.3, -0.25) is 4.79 Å². The second kappa shape index (κ2) is 7.69. The van der Waals surface area contributed by atoms with E-state index in [1.165, 1.54) is 0 Å². The normalized spacial score (nSPS) is 16.8. The van der Waals surface area contributed by atoms with Gasteiger partial charge < -0.3 is 15.4 Å². The fourth-order valence-corrected chi connectivity index (χ4v) is 2.27. The summed E-state index contributed by atoms with van der Waals surface area (Å²) in [6.07, 6.45) is 2.28. The second-order valence-corrected chi connectivity index (χ2v) is 5.81. The van der Waals surface area contributed by atoms with Crippen molar-refractivity contribution in [3.05, 3.63) is 0 Å². The van der Waals surface area contributed by atoms with Gasteiger partial charge in [0.1, 0.15) is 0 Å². The third-order valence-corrected chi connectivity index (χ3v) is 3.30. The van der Waals surface area contributed by atoms with Crippen molar-refractivity contribution in [1.29, 1.82) is 0 Å². The molecule has 0 atom stereocenters. The topological polar surface area (TPSA) is 55.6 Å². The average Bonchev–Trinajstić information content (AvgIpc) is 2.34. The van der Waals surface area contributed by atoms with E-state index in [2.05, 4.69) is 13.8 Å². The minimum Gasteiger partial charge on any atom is -0.393 e. The molecule has 1 saturated heterocycles. The second-order valence-electron chi connectivity index (χ2n) is 5.28. The standard InChI is InChI=1S/C13H24N2O2S/c1-10(2)9-15(6-3-12(14)18)13(16)11-4-7-17-8-5-11/h10-11H,3-9H2,1-2H3,(H2,14,18). The Bertz CT molecular complexity index is 289. The molecule has 5 heteroatoms. The van der Waals surface area contributed by atoms with Gasteiger partial charge in [-0.2, -0.15) is 0 Å². The van der Waals surface area contributed by atoms with Gasteiger partial charge in [-0.05, 0) is 18.8 Å². The number of amides is 1. The highest BCUT2D eigenvalue weighted by atomic mass is 32.1. The minimum absolute atomic E-state index is 0.115. The summed E-state index contributed by atoms with van der Waals surface area (Å²) in [4.78, 5) is 14.8. The van der Waals surface area contributed by atoms with Gasteiger partial charge in [0.15, 0.2) is 0 Å². The molecule has 1 amide bonds. The molecule has 0 spiro atoms. The first kappa shape index (κ1) is 15.4.